The lowest BCUT2D eigenvalue weighted by Gasteiger charge is -2.32. The Hall–Kier alpha value is -2.13. The number of likely N-dealkylation sites (tertiary alicyclic amines) is 1. The smallest absolute Gasteiger partial charge is 0.223 e. The fourth-order valence-corrected chi connectivity index (χ4v) is 4.00. The van der Waals surface area contributed by atoms with E-state index in [0.29, 0.717) is 0 Å². The molecule has 0 spiro atoms. The summed E-state index contributed by atoms with van der Waals surface area (Å²) in [6.07, 6.45) is 2.81. The second-order valence-corrected chi connectivity index (χ2v) is 8.35. The SMILES string of the molecule is CC[C@@H](NC(=O)C1CCN(Cc2ccc(C)cc2)CC1)c1ccc(C)c(C)c1. The van der Waals surface area contributed by atoms with Crippen molar-refractivity contribution in [3.8, 4) is 0 Å². The standard InChI is InChI=1S/C25H34N2O/c1-5-24(23-11-8-19(3)20(4)16-23)26-25(28)22-12-14-27(15-13-22)17-21-9-6-18(2)7-10-21/h6-11,16,22,24H,5,12-15,17H2,1-4H3,(H,26,28)/t24-/m1/s1. The van der Waals surface area contributed by atoms with Crippen molar-refractivity contribution in [3.05, 3.63) is 70.3 Å². The molecular weight excluding hydrogens is 344 g/mol. The van der Waals surface area contributed by atoms with E-state index in [9.17, 15) is 4.79 Å². The van der Waals surface area contributed by atoms with Crippen molar-refractivity contribution in [2.24, 2.45) is 5.92 Å². The molecule has 1 heterocycles. The Bertz CT molecular complexity index is 789. The highest BCUT2D eigenvalue weighted by molar-refractivity contribution is 5.79. The number of piperidine rings is 1. The molecule has 0 radical (unpaired) electrons. The third-order valence-corrected chi connectivity index (χ3v) is 6.14. The van der Waals surface area contributed by atoms with Gasteiger partial charge in [-0.15, -0.1) is 0 Å². The van der Waals surface area contributed by atoms with Crippen LogP contribution in [0.25, 0.3) is 0 Å². The van der Waals surface area contributed by atoms with Gasteiger partial charge in [-0.2, -0.15) is 0 Å². The zero-order chi connectivity index (χ0) is 20.1. The number of benzene rings is 2. The van der Waals surface area contributed by atoms with E-state index in [-0.39, 0.29) is 17.9 Å². The fourth-order valence-electron chi connectivity index (χ4n) is 4.00. The van der Waals surface area contributed by atoms with Crippen LogP contribution in [0.5, 0.6) is 0 Å². The average molecular weight is 379 g/mol. The van der Waals surface area contributed by atoms with Crippen molar-refractivity contribution in [2.45, 2.75) is 59.5 Å². The molecule has 3 heteroatoms. The molecule has 1 aliphatic heterocycles. The molecule has 3 rings (SSSR count). The third-order valence-electron chi connectivity index (χ3n) is 6.14. The quantitative estimate of drug-likeness (QED) is 0.759. The molecule has 1 saturated heterocycles. The number of amides is 1. The van der Waals surface area contributed by atoms with Gasteiger partial charge in [-0.05, 0) is 75.4 Å². The third kappa shape index (κ3) is 5.23. The second-order valence-electron chi connectivity index (χ2n) is 8.35. The highest BCUT2D eigenvalue weighted by Gasteiger charge is 2.26. The van der Waals surface area contributed by atoms with Gasteiger partial charge in [0.1, 0.15) is 0 Å². The first-order valence-corrected chi connectivity index (χ1v) is 10.6. The van der Waals surface area contributed by atoms with Crippen LogP contribution in [-0.2, 0) is 11.3 Å². The Morgan fingerprint density at radius 1 is 1.04 bits per heavy atom. The number of aryl methyl sites for hydroxylation is 3. The molecule has 2 aromatic carbocycles. The summed E-state index contributed by atoms with van der Waals surface area (Å²) in [5, 5.41) is 3.31. The number of nitrogens with zero attached hydrogens (tertiary/aromatic N) is 1. The van der Waals surface area contributed by atoms with Crippen molar-refractivity contribution >= 4 is 5.91 Å². The zero-order valence-electron chi connectivity index (χ0n) is 17.8. The minimum absolute atomic E-state index is 0.109. The van der Waals surface area contributed by atoms with Crippen LogP contribution < -0.4 is 5.32 Å². The summed E-state index contributed by atoms with van der Waals surface area (Å²) >= 11 is 0. The molecule has 1 fully saturated rings. The second kappa shape index (κ2) is 9.38. The van der Waals surface area contributed by atoms with Gasteiger partial charge in [-0.1, -0.05) is 55.0 Å². The van der Waals surface area contributed by atoms with Crippen LogP contribution in [0.1, 0.15) is 60.0 Å². The molecule has 150 valence electrons. The maximum absolute atomic E-state index is 12.9. The van der Waals surface area contributed by atoms with E-state index < -0.39 is 0 Å². The van der Waals surface area contributed by atoms with Crippen LogP contribution in [-0.4, -0.2) is 23.9 Å². The van der Waals surface area contributed by atoms with E-state index >= 15 is 0 Å². The minimum atomic E-state index is 0.109. The van der Waals surface area contributed by atoms with Gasteiger partial charge in [0.05, 0.1) is 6.04 Å². The summed E-state index contributed by atoms with van der Waals surface area (Å²) in [5.74, 6) is 0.356. The van der Waals surface area contributed by atoms with E-state index in [2.05, 4.69) is 80.4 Å². The van der Waals surface area contributed by atoms with Gasteiger partial charge in [0.15, 0.2) is 0 Å². The first-order valence-electron chi connectivity index (χ1n) is 10.6. The zero-order valence-corrected chi connectivity index (χ0v) is 17.8. The van der Waals surface area contributed by atoms with Gasteiger partial charge in [0.25, 0.3) is 0 Å². The van der Waals surface area contributed by atoms with Gasteiger partial charge >= 0.3 is 0 Å². The van der Waals surface area contributed by atoms with Crippen LogP contribution >= 0.6 is 0 Å². The summed E-state index contributed by atoms with van der Waals surface area (Å²) in [4.78, 5) is 15.3. The maximum atomic E-state index is 12.9. The van der Waals surface area contributed by atoms with Crippen molar-refractivity contribution in [3.63, 3.8) is 0 Å². The van der Waals surface area contributed by atoms with E-state index in [1.54, 1.807) is 0 Å². The maximum Gasteiger partial charge on any atom is 0.223 e. The predicted octanol–water partition coefficient (Wildman–Crippen LogP) is 5.09. The largest absolute Gasteiger partial charge is 0.349 e. The lowest BCUT2D eigenvalue weighted by atomic mass is 9.94. The minimum Gasteiger partial charge on any atom is -0.349 e. The number of nitrogens with one attached hydrogen (secondary N) is 1. The molecule has 0 aliphatic carbocycles. The van der Waals surface area contributed by atoms with Crippen LogP contribution in [0, 0.1) is 26.7 Å². The first-order chi connectivity index (χ1) is 13.5. The molecule has 0 unspecified atom stereocenters. The number of hydrogen-bond donors (Lipinski definition) is 1. The summed E-state index contributed by atoms with van der Waals surface area (Å²) in [6.45, 7) is 11.5. The van der Waals surface area contributed by atoms with Crippen LogP contribution in [0.4, 0.5) is 0 Å². The molecule has 1 aliphatic rings. The van der Waals surface area contributed by atoms with E-state index in [1.807, 2.05) is 0 Å². The van der Waals surface area contributed by atoms with E-state index in [1.165, 1.54) is 27.8 Å². The van der Waals surface area contributed by atoms with Crippen molar-refractivity contribution in [1.29, 1.82) is 0 Å². The number of hydrogen-bond acceptors (Lipinski definition) is 2. The fraction of sp³-hybridized carbons (Fsp3) is 0.480. The molecule has 3 nitrogen and oxygen atoms in total. The molecule has 0 saturated carbocycles. The first kappa shape index (κ1) is 20.6. The highest BCUT2D eigenvalue weighted by Crippen LogP contribution is 2.23. The lowest BCUT2D eigenvalue weighted by Crippen LogP contribution is -2.41. The van der Waals surface area contributed by atoms with Crippen LogP contribution in [0.3, 0.4) is 0 Å². The normalized spacial score (nSPS) is 16.7. The Kier molecular flexibility index (Phi) is 6.90. The topological polar surface area (TPSA) is 32.3 Å². The van der Waals surface area contributed by atoms with Crippen LogP contribution in [0.2, 0.25) is 0 Å². The highest BCUT2D eigenvalue weighted by atomic mass is 16.1. The molecule has 0 aromatic heterocycles. The van der Waals surface area contributed by atoms with Gasteiger partial charge < -0.3 is 5.32 Å². The Labute approximate surface area is 170 Å². The summed E-state index contributed by atoms with van der Waals surface area (Å²) < 4.78 is 0. The number of rotatable bonds is 6. The molecule has 0 bridgehead atoms. The summed E-state index contributed by atoms with van der Waals surface area (Å²) in [6, 6.07) is 15.4. The Morgan fingerprint density at radius 2 is 1.71 bits per heavy atom. The summed E-state index contributed by atoms with van der Waals surface area (Å²) in [5.41, 5.74) is 6.46. The number of carbonyl (C=O) groups is 1. The average Bonchev–Trinajstić information content (AvgIpc) is 2.70. The number of carbonyl (C=O) groups excluding carboxylic acids is 1. The van der Waals surface area contributed by atoms with E-state index in [0.717, 1.165) is 38.9 Å². The van der Waals surface area contributed by atoms with Crippen LogP contribution in [0.15, 0.2) is 42.5 Å². The molecule has 1 N–H and O–H groups in total. The molecule has 2 aromatic rings. The lowest BCUT2D eigenvalue weighted by molar-refractivity contribution is -0.127. The predicted molar refractivity (Wildman–Crippen MR) is 116 cm³/mol. The summed E-state index contributed by atoms with van der Waals surface area (Å²) in [7, 11) is 0. The molecule has 1 amide bonds. The monoisotopic (exact) mass is 378 g/mol. The Morgan fingerprint density at radius 3 is 2.32 bits per heavy atom. The van der Waals surface area contributed by atoms with E-state index in [4.69, 9.17) is 0 Å². The van der Waals surface area contributed by atoms with Gasteiger partial charge in [0.2, 0.25) is 5.91 Å². The van der Waals surface area contributed by atoms with Crippen molar-refractivity contribution in [1.82, 2.24) is 10.2 Å². The van der Waals surface area contributed by atoms with Crippen molar-refractivity contribution < 1.29 is 4.79 Å². The molecule has 28 heavy (non-hydrogen) atoms. The van der Waals surface area contributed by atoms with Gasteiger partial charge in [0, 0.05) is 12.5 Å². The van der Waals surface area contributed by atoms with Crippen molar-refractivity contribution in [2.75, 3.05) is 13.1 Å². The van der Waals surface area contributed by atoms with Gasteiger partial charge in [-0.3, -0.25) is 9.69 Å². The molecular formula is C25H34N2O. The van der Waals surface area contributed by atoms with Gasteiger partial charge in [-0.25, -0.2) is 0 Å². The Balaban J connectivity index is 1.52. The molecule has 1 atom stereocenters.